The minimum absolute atomic E-state index is 0.0881. The molecule has 0 radical (unpaired) electrons. The second kappa shape index (κ2) is 7.00. The van der Waals surface area contributed by atoms with E-state index in [9.17, 15) is 4.79 Å². The normalized spacial score (nSPS) is 10.4. The van der Waals surface area contributed by atoms with Crippen LogP contribution in [-0.2, 0) is 11.2 Å². The average molecular weight is 322 g/mol. The molecule has 0 saturated heterocycles. The zero-order chi connectivity index (χ0) is 16.9. The van der Waals surface area contributed by atoms with Crippen LogP contribution in [-0.4, -0.2) is 25.1 Å². The minimum Gasteiger partial charge on any atom is -0.497 e. The summed E-state index contributed by atoms with van der Waals surface area (Å²) in [6.07, 6.45) is 1.94. The van der Waals surface area contributed by atoms with Gasteiger partial charge in [-0.25, -0.2) is 0 Å². The number of rotatable bonds is 5. The highest BCUT2D eigenvalue weighted by molar-refractivity contribution is 5.94. The lowest BCUT2D eigenvalue weighted by Gasteiger charge is -2.08. The molecule has 1 heterocycles. The SMILES string of the molecule is COc1ccc(CC(=O)Nc2cnc3cc(OC)ccc3c2)cc1. The number of carbonyl (C=O) groups is 1. The van der Waals surface area contributed by atoms with Gasteiger partial charge >= 0.3 is 0 Å². The van der Waals surface area contributed by atoms with E-state index in [1.165, 1.54) is 0 Å². The molecule has 5 nitrogen and oxygen atoms in total. The van der Waals surface area contributed by atoms with Crippen LogP contribution in [0.15, 0.2) is 54.7 Å². The van der Waals surface area contributed by atoms with Crippen LogP contribution >= 0.6 is 0 Å². The fraction of sp³-hybridized carbons (Fsp3) is 0.158. The average Bonchev–Trinajstić information content (AvgIpc) is 2.61. The van der Waals surface area contributed by atoms with Crippen LogP contribution in [0.25, 0.3) is 10.9 Å². The van der Waals surface area contributed by atoms with Crippen molar-refractivity contribution in [3.8, 4) is 11.5 Å². The van der Waals surface area contributed by atoms with Gasteiger partial charge in [-0.15, -0.1) is 0 Å². The zero-order valence-electron chi connectivity index (χ0n) is 13.6. The van der Waals surface area contributed by atoms with Crippen LogP contribution in [0.1, 0.15) is 5.56 Å². The molecule has 1 amide bonds. The number of hydrogen-bond acceptors (Lipinski definition) is 4. The van der Waals surface area contributed by atoms with Gasteiger partial charge in [-0.2, -0.15) is 0 Å². The third-order valence-corrected chi connectivity index (χ3v) is 3.70. The summed E-state index contributed by atoms with van der Waals surface area (Å²) >= 11 is 0. The Balaban J connectivity index is 1.70. The Kier molecular flexibility index (Phi) is 4.61. The van der Waals surface area contributed by atoms with Crippen molar-refractivity contribution in [2.24, 2.45) is 0 Å². The summed E-state index contributed by atoms with van der Waals surface area (Å²) in [5, 5.41) is 3.82. The predicted molar refractivity (Wildman–Crippen MR) is 93.6 cm³/mol. The predicted octanol–water partition coefficient (Wildman–Crippen LogP) is 3.43. The van der Waals surface area contributed by atoms with Gasteiger partial charge < -0.3 is 14.8 Å². The Morgan fingerprint density at radius 3 is 2.42 bits per heavy atom. The number of hydrogen-bond donors (Lipinski definition) is 1. The molecule has 0 fully saturated rings. The first-order valence-corrected chi connectivity index (χ1v) is 7.54. The highest BCUT2D eigenvalue weighted by Gasteiger charge is 2.06. The topological polar surface area (TPSA) is 60.5 Å². The molecule has 0 aliphatic carbocycles. The monoisotopic (exact) mass is 322 g/mol. The molecule has 1 N–H and O–H groups in total. The molecule has 3 aromatic rings. The zero-order valence-corrected chi connectivity index (χ0v) is 13.6. The van der Waals surface area contributed by atoms with E-state index in [0.29, 0.717) is 12.1 Å². The molecular weight excluding hydrogens is 304 g/mol. The van der Waals surface area contributed by atoms with Crippen LogP contribution in [0.5, 0.6) is 11.5 Å². The van der Waals surface area contributed by atoms with Crippen molar-refractivity contribution in [2.45, 2.75) is 6.42 Å². The number of amides is 1. The van der Waals surface area contributed by atoms with E-state index in [0.717, 1.165) is 28.0 Å². The van der Waals surface area contributed by atoms with Gasteiger partial charge in [-0.05, 0) is 35.9 Å². The maximum atomic E-state index is 12.2. The van der Waals surface area contributed by atoms with E-state index in [1.54, 1.807) is 20.4 Å². The number of pyridine rings is 1. The maximum Gasteiger partial charge on any atom is 0.228 e. The van der Waals surface area contributed by atoms with Gasteiger partial charge in [0.1, 0.15) is 11.5 Å². The van der Waals surface area contributed by atoms with Crippen molar-refractivity contribution >= 4 is 22.5 Å². The van der Waals surface area contributed by atoms with Gasteiger partial charge in [0.15, 0.2) is 0 Å². The second-order valence-electron chi connectivity index (χ2n) is 5.36. The first-order chi connectivity index (χ1) is 11.7. The van der Waals surface area contributed by atoms with Gasteiger partial charge in [-0.1, -0.05) is 12.1 Å². The van der Waals surface area contributed by atoms with Gasteiger partial charge in [0.25, 0.3) is 0 Å². The Labute approximate surface area is 140 Å². The number of nitrogens with zero attached hydrogens (tertiary/aromatic N) is 1. The third kappa shape index (κ3) is 3.63. The molecule has 0 saturated carbocycles. The van der Waals surface area contributed by atoms with Gasteiger partial charge in [0, 0.05) is 11.5 Å². The first-order valence-electron chi connectivity index (χ1n) is 7.54. The van der Waals surface area contributed by atoms with E-state index in [-0.39, 0.29) is 5.91 Å². The lowest BCUT2D eigenvalue weighted by Crippen LogP contribution is -2.14. The van der Waals surface area contributed by atoms with E-state index >= 15 is 0 Å². The summed E-state index contributed by atoms with van der Waals surface area (Å²) in [6.45, 7) is 0. The molecule has 0 bridgehead atoms. The van der Waals surface area contributed by atoms with E-state index in [1.807, 2.05) is 48.5 Å². The van der Waals surface area contributed by atoms with E-state index < -0.39 is 0 Å². The van der Waals surface area contributed by atoms with Gasteiger partial charge in [0.2, 0.25) is 5.91 Å². The van der Waals surface area contributed by atoms with Gasteiger partial charge in [-0.3, -0.25) is 9.78 Å². The molecule has 1 aromatic heterocycles. The van der Waals surface area contributed by atoms with E-state index in [2.05, 4.69) is 10.3 Å². The van der Waals surface area contributed by atoms with Crippen LogP contribution in [0.4, 0.5) is 5.69 Å². The van der Waals surface area contributed by atoms with E-state index in [4.69, 9.17) is 9.47 Å². The maximum absolute atomic E-state index is 12.2. The largest absolute Gasteiger partial charge is 0.497 e. The van der Waals surface area contributed by atoms with Crippen LogP contribution in [0.3, 0.4) is 0 Å². The van der Waals surface area contributed by atoms with Crippen molar-refractivity contribution < 1.29 is 14.3 Å². The third-order valence-electron chi connectivity index (χ3n) is 3.70. The Bertz CT molecular complexity index is 860. The quantitative estimate of drug-likeness (QED) is 0.782. The smallest absolute Gasteiger partial charge is 0.228 e. The number of aromatic nitrogens is 1. The molecule has 5 heteroatoms. The molecule has 0 atom stereocenters. The summed E-state index contributed by atoms with van der Waals surface area (Å²) < 4.78 is 10.3. The Morgan fingerprint density at radius 2 is 1.71 bits per heavy atom. The van der Waals surface area contributed by atoms with Crippen LogP contribution < -0.4 is 14.8 Å². The molecule has 24 heavy (non-hydrogen) atoms. The minimum atomic E-state index is -0.0881. The molecule has 0 spiro atoms. The number of carbonyl (C=O) groups excluding carboxylic acids is 1. The summed E-state index contributed by atoms with van der Waals surface area (Å²) in [4.78, 5) is 16.5. The lowest BCUT2D eigenvalue weighted by atomic mass is 10.1. The Hall–Kier alpha value is -3.08. The van der Waals surface area contributed by atoms with Crippen LogP contribution in [0, 0.1) is 0 Å². The Morgan fingerprint density at radius 1 is 1.00 bits per heavy atom. The highest BCUT2D eigenvalue weighted by atomic mass is 16.5. The number of methoxy groups -OCH3 is 2. The molecule has 0 unspecified atom stereocenters. The molecule has 0 aliphatic rings. The number of fused-ring (bicyclic) bond motifs is 1. The molecule has 3 rings (SSSR count). The summed E-state index contributed by atoms with van der Waals surface area (Å²) in [5.74, 6) is 1.44. The lowest BCUT2D eigenvalue weighted by molar-refractivity contribution is -0.115. The number of ether oxygens (including phenoxy) is 2. The van der Waals surface area contributed by atoms with Crippen molar-refractivity contribution in [3.05, 3.63) is 60.3 Å². The molecular formula is C19H18N2O3. The number of nitrogens with one attached hydrogen (secondary N) is 1. The first kappa shape index (κ1) is 15.8. The fourth-order valence-corrected chi connectivity index (χ4v) is 2.43. The number of benzene rings is 2. The van der Waals surface area contributed by atoms with Crippen molar-refractivity contribution in [3.63, 3.8) is 0 Å². The highest BCUT2D eigenvalue weighted by Crippen LogP contribution is 2.21. The van der Waals surface area contributed by atoms with Crippen molar-refractivity contribution in [1.82, 2.24) is 4.98 Å². The molecule has 2 aromatic carbocycles. The summed E-state index contributed by atoms with van der Waals surface area (Å²) in [5.41, 5.74) is 2.42. The number of anilines is 1. The standard InChI is InChI=1S/C19H18N2O3/c1-23-16-6-3-13(4-7-16)9-19(22)21-15-10-14-5-8-17(24-2)11-18(14)20-12-15/h3-8,10-12H,9H2,1-2H3,(H,21,22). The second-order valence-corrected chi connectivity index (χ2v) is 5.36. The van der Waals surface area contributed by atoms with Crippen LogP contribution in [0.2, 0.25) is 0 Å². The van der Waals surface area contributed by atoms with Gasteiger partial charge in [0.05, 0.1) is 38.0 Å². The molecule has 122 valence electrons. The van der Waals surface area contributed by atoms with Crippen molar-refractivity contribution in [2.75, 3.05) is 19.5 Å². The van der Waals surface area contributed by atoms with Crippen molar-refractivity contribution in [1.29, 1.82) is 0 Å². The molecule has 0 aliphatic heterocycles. The summed E-state index contributed by atoms with van der Waals surface area (Å²) in [6, 6.07) is 15.0. The fourth-order valence-electron chi connectivity index (χ4n) is 2.43. The summed E-state index contributed by atoms with van der Waals surface area (Å²) in [7, 11) is 3.24.